The molecule has 2 amide bonds. The van der Waals surface area contributed by atoms with Crippen molar-refractivity contribution in [1.82, 2.24) is 10.6 Å². The molecule has 1 aromatic carbocycles. The number of aliphatic hydroxyl groups excluding tert-OH is 1. The van der Waals surface area contributed by atoms with E-state index in [2.05, 4.69) is 10.6 Å². The van der Waals surface area contributed by atoms with Gasteiger partial charge in [-0.3, -0.25) is 0 Å². The highest BCUT2D eigenvalue weighted by Crippen LogP contribution is 2.10. The van der Waals surface area contributed by atoms with Crippen molar-refractivity contribution in [2.24, 2.45) is 0 Å². The monoisotopic (exact) mass is 270 g/mol. The van der Waals surface area contributed by atoms with Gasteiger partial charge in [-0.05, 0) is 37.1 Å². The lowest BCUT2D eigenvalue weighted by molar-refractivity contribution is 0.236. The van der Waals surface area contributed by atoms with Crippen molar-refractivity contribution in [3.05, 3.63) is 30.1 Å². The molecule has 1 aromatic rings. The number of nitrogens with one attached hydrogen (secondary N) is 2. The molecular weight excluding hydrogens is 251 g/mol. The first-order valence-electron chi connectivity index (χ1n) is 6.23. The van der Waals surface area contributed by atoms with Crippen LogP contribution < -0.4 is 15.4 Å². The van der Waals surface area contributed by atoms with Crippen LogP contribution in [0.25, 0.3) is 0 Å². The fourth-order valence-electron chi connectivity index (χ4n) is 1.34. The SMILES string of the molecule is O=C(NCCCO)NCCCOc1ccc(F)cc1. The lowest BCUT2D eigenvalue weighted by Gasteiger charge is -2.08. The van der Waals surface area contributed by atoms with Crippen LogP contribution in [0, 0.1) is 5.82 Å². The van der Waals surface area contributed by atoms with Crippen molar-refractivity contribution in [3.8, 4) is 5.75 Å². The molecule has 0 heterocycles. The Morgan fingerprint density at radius 1 is 1.16 bits per heavy atom. The Morgan fingerprint density at radius 3 is 2.42 bits per heavy atom. The minimum atomic E-state index is -0.298. The quantitative estimate of drug-likeness (QED) is 0.623. The van der Waals surface area contributed by atoms with Gasteiger partial charge < -0.3 is 20.5 Å². The summed E-state index contributed by atoms with van der Waals surface area (Å²) >= 11 is 0. The van der Waals surface area contributed by atoms with Gasteiger partial charge in [-0.2, -0.15) is 0 Å². The number of amides is 2. The predicted octanol–water partition coefficient (Wildman–Crippen LogP) is 1.28. The third kappa shape index (κ3) is 7.25. The second-order valence-corrected chi connectivity index (χ2v) is 3.92. The minimum Gasteiger partial charge on any atom is -0.494 e. The van der Waals surface area contributed by atoms with E-state index >= 15 is 0 Å². The molecule has 0 unspecified atom stereocenters. The van der Waals surface area contributed by atoms with Crippen LogP contribution >= 0.6 is 0 Å². The summed E-state index contributed by atoms with van der Waals surface area (Å²) in [4.78, 5) is 11.2. The molecule has 0 aromatic heterocycles. The highest BCUT2D eigenvalue weighted by Gasteiger charge is 1.98. The van der Waals surface area contributed by atoms with Crippen molar-refractivity contribution in [1.29, 1.82) is 0 Å². The first-order valence-corrected chi connectivity index (χ1v) is 6.23. The highest BCUT2D eigenvalue weighted by molar-refractivity contribution is 5.73. The van der Waals surface area contributed by atoms with Gasteiger partial charge in [0.05, 0.1) is 6.61 Å². The lowest BCUT2D eigenvalue weighted by atomic mass is 10.3. The van der Waals surface area contributed by atoms with E-state index in [1.54, 1.807) is 12.1 Å². The zero-order valence-corrected chi connectivity index (χ0v) is 10.7. The molecule has 106 valence electrons. The van der Waals surface area contributed by atoms with Crippen LogP contribution in [0.4, 0.5) is 9.18 Å². The average molecular weight is 270 g/mol. The summed E-state index contributed by atoms with van der Waals surface area (Å²) in [6, 6.07) is 5.54. The van der Waals surface area contributed by atoms with Crippen LogP contribution in [0.2, 0.25) is 0 Å². The summed E-state index contributed by atoms with van der Waals surface area (Å²) in [6.45, 7) is 1.45. The number of benzene rings is 1. The molecular formula is C13H19FN2O3. The Bertz CT molecular complexity index is 371. The molecule has 5 nitrogen and oxygen atoms in total. The van der Waals surface area contributed by atoms with E-state index < -0.39 is 0 Å². The third-order valence-corrected chi connectivity index (χ3v) is 2.31. The van der Waals surface area contributed by atoms with Crippen LogP contribution in [-0.4, -0.2) is 37.4 Å². The number of hydrogen-bond acceptors (Lipinski definition) is 3. The molecule has 0 saturated carbocycles. The van der Waals surface area contributed by atoms with E-state index in [1.165, 1.54) is 12.1 Å². The molecule has 0 saturated heterocycles. The number of rotatable bonds is 8. The molecule has 6 heteroatoms. The van der Waals surface area contributed by atoms with Gasteiger partial charge in [0.15, 0.2) is 0 Å². The number of urea groups is 1. The smallest absolute Gasteiger partial charge is 0.314 e. The molecule has 19 heavy (non-hydrogen) atoms. The molecule has 0 spiro atoms. The number of carbonyl (C=O) groups excluding carboxylic acids is 1. The van der Waals surface area contributed by atoms with Gasteiger partial charge in [0, 0.05) is 19.7 Å². The Kier molecular flexibility index (Phi) is 7.34. The number of hydrogen-bond donors (Lipinski definition) is 3. The number of ether oxygens (including phenoxy) is 1. The molecule has 0 aliphatic carbocycles. The van der Waals surface area contributed by atoms with E-state index in [-0.39, 0.29) is 18.5 Å². The standard InChI is InChI=1S/C13H19FN2O3/c14-11-3-5-12(6-4-11)19-10-2-8-16-13(18)15-7-1-9-17/h3-6,17H,1-2,7-10H2,(H2,15,16,18). The highest BCUT2D eigenvalue weighted by atomic mass is 19.1. The maximum atomic E-state index is 12.6. The van der Waals surface area contributed by atoms with Crippen molar-refractivity contribution < 1.29 is 19.0 Å². The van der Waals surface area contributed by atoms with E-state index in [0.29, 0.717) is 38.3 Å². The molecule has 0 aliphatic heterocycles. The number of carbonyl (C=O) groups is 1. The number of aliphatic hydroxyl groups is 1. The first-order chi connectivity index (χ1) is 9.22. The van der Waals surface area contributed by atoms with Crippen LogP contribution in [-0.2, 0) is 0 Å². The second-order valence-electron chi connectivity index (χ2n) is 3.92. The summed E-state index contributed by atoms with van der Waals surface area (Å²) in [7, 11) is 0. The normalized spacial score (nSPS) is 10.0. The Labute approximate surface area is 111 Å². The van der Waals surface area contributed by atoms with Crippen LogP contribution in [0.5, 0.6) is 5.75 Å². The van der Waals surface area contributed by atoms with Gasteiger partial charge in [-0.1, -0.05) is 0 Å². The predicted molar refractivity (Wildman–Crippen MR) is 69.6 cm³/mol. The van der Waals surface area contributed by atoms with Crippen LogP contribution in [0.1, 0.15) is 12.8 Å². The summed E-state index contributed by atoms with van der Waals surface area (Å²) in [5, 5.41) is 13.8. The van der Waals surface area contributed by atoms with Crippen molar-refractivity contribution >= 4 is 6.03 Å². The molecule has 1 rings (SSSR count). The molecule has 0 bridgehead atoms. The van der Waals surface area contributed by atoms with Gasteiger partial charge in [-0.25, -0.2) is 9.18 Å². The Balaban J connectivity index is 2.01. The fraction of sp³-hybridized carbons (Fsp3) is 0.462. The number of halogens is 1. The Morgan fingerprint density at radius 2 is 1.79 bits per heavy atom. The zero-order valence-electron chi connectivity index (χ0n) is 10.7. The summed E-state index contributed by atoms with van der Waals surface area (Å²) < 4.78 is 18.0. The first kappa shape index (κ1) is 15.2. The Hall–Kier alpha value is -1.82. The third-order valence-electron chi connectivity index (χ3n) is 2.31. The van der Waals surface area contributed by atoms with E-state index in [0.717, 1.165) is 0 Å². The van der Waals surface area contributed by atoms with Crippen molar-refractivity contribution in [2.75, 3.05) is 26.3 Å². The van der Waals surface area contributed by atoms with Gasteiger partial charge in [0.25, 0.3) is 0 Å². The van der Waals surface area contributed by atoms with Gasteiger partial charge in [0.1, 0.15) is 11.6 Å². The minimum absolute atomic E-state index is 0.0613. The maximum Gasteiger partial charge on any atom is 0.314 e. The summed E-state index contributed by atoms with van der Waals surface area (Å²) in [6.07, 6.45) is 1.20. The molecule has 3 N–H and O–H groups in total. The van der Waals surface area contributed by atoms with Crippen LogP contribution in [0.15, 0.2) is 24.3 Å². The molecule has 0 radical (unpaired) electrons. The topological polar surface area (TPSA) is 70.6 Å². The summed E-state index contributed by atoms with van der Waals surface area (Å²) in [5.41, 5.74) is 0. The maximum absolute atomic E-state index is 12.6. The van der Waals surface area contributed by atoms with Gasteiger partial charge in [-0.15, -0.1) is 0 Å². The van der Waals surface area contributed by atoms with E-state index in [1.807, 2.05) is 0 Å². The van der Waals surface area contributed by atoms with E-state index in [4.69, 9.17) is 9.84 Å². The van der Waals surface area contributed by atoms with Gasteiger partial charge in [0.2, 0.25) is 0 Å². The van der Waals surface area contributed by atoms with Crippen molar-refractivity contribution in [2.45, 2.75) is 12.8 Å². The molecule has 0 atom stereocenters. The van der Waals surface area contributed by atoms with Gasteiger partial charge >= 0.3 is 6.03 Å². The zero-order chi connectivity index (χ0) is 13.9. The lowest BCUT2D eigenvalue weighted by Crippen LogP contribution is -2.37. The van der Waals surface area contributed by atoms with Crippen molar-refractivity contribution in [3.63, 3.8) is 0 Å². The molecule has 0 aliphatic rings. The average Bonchev–Trinajstić information content (AvgIpc) is 2.41. The largest absolute Gasteiger partial charge is 0.494 e. The summed E-state index contributed by atoms with van der Waals surface area (Å²) in [5.74, 6) is 0.308. The fourth-order valence-corrected chi connectivity index (χ4v) is 1.34. The molecule has 0 fully saturated rings. The second kappa shape index (κ2) is 9.16. The van der Waals surface area contributed by atoms with Crippen LogP contribution in [0.3, 0.4) is 0 Å². The van der Waals surface area contributed by atoms with E-state index in [9.17, 15) is 9.18 Å².